The van der Waals surface area contributed by atoms with Gasteiger partial charge in [-0.3, -0.25) is 4.79 Å². The van der Waals surface area contributed by atoms with Crippen molar-refractivity contribution in [1.29, 1.82) is 0 Å². The highest BCUT2D eigenvalue weighted by Crippen LogP contribution is 2.55. The minimum Gasteiger partial charge on any atom is -0.396 e. The van der Waals surface area contributed by atoms with E-state index in [1.54, 1.807) is 29.2 Å². The van der Waals surface area contributed by atoms with E-state index in [0.717, 1.165) is 25.7 Å². The maximum atomic E-state index is 12.7. The van der Waals surface area contributed by atoms with E-state index in [1.807, 2.05) is 0 Å². The van der Waals surface area contributed by atoms with Crippen molar-refractivity contribution in [3.05, 3.63) is 34.9 Å². The Balaban J connectivity index is 1.88. The number of aliphatic hydroxyl groups is 2. The molecule has 0 bridgehead atoms. The van der Waals surface area contributed by atoms with Gasteiger partial charge in [-0.15, -0.1) is 0 Å². The first-order valence-electron chi connectivity index (χ1n) is 7.82. The molecule has 4 nitrogen and oxygen atoms in total. The lowest BCUT2D eigenvalue weighted by Crippen LogP contribution is -2.48. The number of amides is 1. The van der Waals surface area contributed by atoms with Crippen molar-refractivity contribution in [2.24, 2.45) is 10.8 Å². The molecule has 1 amide bonds. The Labute approximate surface area is 135 Å². The zero-order chi connectivity index (χ0) is 15.8. The van der Waals surface area contributed by atoms with Crippen LogP contribution in [0.5, 0.6) is 0 Å². The third-order valence-electron chi connectivity index (χ3n) is 5.66. The van der Waals surface area contributed by atoms with Gasteiger partial charge in [-0.25, -0.2) is 0 Å². The number of benzene rings is 1. The van der Waals surface area contributed by atoms with Crippen LogP contribution in [-0.2, 0) is 0 Å². The highest BCUT2D eigenvalue weighted by molar-refractivity contribution is 6.30. The molecule has 1 aromatic rings. The number of rotatable bonds is 3. The number of hydrogen-bond donors (Lipinski definition) is 2. The van der Waals surface area contributed by atoms with Crippen molar-refractivity contribution in [1.82, 2.24) is 4.90 Å². The van der Waals surface area contributed by atoms with Gasteiger partial charge in [0, 0.05) is 34.5 Å². The monoisotopic (exact) mass is 323 g/mol. The van der Waals surface area contributed by atoms with E-state index in [4.69, 9.17) is 11.6 Å². The van der Waals surface area contributed by atoms with E-state index in [-0.39, 0.29) is 30.0 Å². The van der Waals surface area contributed by atoms with Crippen molar-refractivity contribution in [3.8, 4) is 0 Å². The number of fused-ring (bicyclic) bond motifs is 1. The molecule has 1 heterocycles. The van der Waals surface area contributed by atoms with Crippen LogP contribution in [0.3, 0.4) is 0 Å². The molecule has 2 N–H and O–H groups in total. The Morgan fingerprint density at radius 1 is 1.05 bits per heavy atom. The fourth-order valence-electron chi connectivity index (χ4n) is 4.25. The van der Waals surface area contributed by atoms with Crippen LogP contribution < -0.4 is 0 Å². The van der Waals surface area contributed by atoms with E-state index < -0.39 is 0 Å². The van der Waals surface area contributed by atoms with Gasteiger partial charge >= 0.3 is 0 Å². The Kier molecular flexibility index (Phi) is 4.19. The summed E-state index contributed by atoms with van der Waals surface area (Å²) < 4.78 is 0. The summed E-state index contributed by atoms with van der Waals surface area (Å²) in [5, 5.41) is 20.6. The minimum atomic E-state index is -0.359. The topological polar surface area (TPSA) is 60.8 Å². The van der Waals surface area contributed by atoms with Crippen LogP contribution in [-0.4, -0.2) is 47.3 Å². The fourth-order valence-corrected chi connectivity index (χ4v) is 4.38. The van der Waals surface area contributed by atoms with Gasteiger partial charge in [-0.05, 0) is 37.1 Å². The van der Waals surface area contributed by atoms with Crippen molar-refractivity contribution >= 4 is 17.5 Å². The smallest absolute Gasteiger partial charge is 0.253 e. The molecule has 2 fully saturated rings. The van der Waals surface area contributed by atoms with Gasteiger partial charge in [0.25, 0.3) is 5.91 Å². The number of carbonyl (C=O) groups is 1. The first-order chi connectivity index (χ1) is 10.6. The molecule has 0 spiro atoms. The summed E-state index contributed by atoms with van der Waals surface area (Å²) in [6.07, 6.45) is 3.83. The SMILES string of the molecule is O=C(c1ccc(Cl)cc1)N1C[C@]2(CO)CCCC[C@]2(CO)C1. The molecule has 5 heteroatoms. The molecule has 1 aromatic carbocycles. The minimum absolute atomic E-state index is 0.0258. The van der Waals surface area contributed by atoms with Crippen molar-refractivity contribution < 1.29 is 15.0 Å². The highest BCUT2D eigenvalue weighted by Gasteiger charge is 2.58. The zero-order valence-electron chi connectivity index (χ0n) is 12.6. The van der Waals surface area contributed by atoms with E-state index in [9.17, 15) is 15.0 Å². The van der Waals surface area contributed by atoms with Crippen LogP contribution in [0, 0.1) is 10.8 Å². The Bertz CT molecular complexity index is 540. The van der Waals surface area contributed by atoms with E-state index >= 15 is 0 Å². The molecule has 1 saturated carbocycles. The molecular formula is C17H22ClNO3. The summed E-state index contributed by atoms with van der Waals surface area (Å²) in [4.78, 5) is 14.5. The molecule has 120 valence electrons. The maximum Gasteiger partial charge on any atom is 0.253 e. The molecule has 22 heavy (non-hydrogen) atoms. The third kappa shape index (κ3) is 2.34. The first-order valence-corrected chi connectivity index (χ1v) is 8.20. The van der Waals surface area contributed by atoms with Gasteiger partial charge in [-0.1, -0.05) is 24.4 Å². The van der Waals surface area contributed by atoms with Gasteiger partial charge < -0.3 is 15.1 Å². The summed E-state index contributed by atoms with van der Waals surface area (Å²) in [6, 6.07) is 6.87. The van der Waals surface area contributed by atoms with Crippen LogP contribution in [0.25, 0.3) is 0 Å². The maximum absolute atomic E-state index is 12.7. The predicted molar refractivity (Wildman–Crippen MR) is 84.9 cm³/mol. The van der Waals surface area contributed by atoms with E-state index in [0.29, 0.717) is 23.7 Å². The molecule has 0 unspecified atom stereocenters. The molecule has 2 atom stereocenters. The number of carbonyl (C=O) groups excluding carboxylic acids is 1. The largest absolute Gasteiger partial charge is 0.396 e. The molecule has 0 aromatic heterocycles. The Morgan fingerprint density at radius 3 is 2.00 bits per heavy atom. The fraction of sp³-hybridized carbons (Fsp3) is 0.588. The summed E-state index contributed by atoms with van der Waals surface area (Å²) in [6.45, 7) is 1.09. The van der Waals surface area contributed by atoms with Gasteiger partial charge in [0.1, 0.15) is 0 Å². The second-order valence-electron chi connectivity index (χ2n) is 6.75. The van der Waals surface area contributed by atoms with E-state index in [1.165, 1.54) is 0 Å². The van der Waals surface area contributed by atoms with Crippen molar-refractivity contribution in [2.45, 2.75) is 25.7 Å². The average Bonchev–Trinajstić information content (AvgIpc) is 2.91. The lowest BCUT2D eigenvalue weighted by atomic mass is 9.58. The summed E-state index contributed by atoms with van der Waals surface area (Å²) in [7, 11) is 0. The molecule has 1 aliphatic carbocycles. The van der Waals surface area contributed by atoms with E-state index in [2.05, 4.69) is 0 Å². The Hall–Kier alpha value is -1.10. The lowest BCUT2D eigenvalue weighted by Gasteiger charge is -2.46. The second kappa shape index (κ2) is 5.84. The Morgan fingerprint density at radius 2 is 1.55 bits per heavy atom. The van der Waals surface area contributed by atoms with Gasteiger partial charge in [-0.2, -0.15) is 0 Å². The molecule has 1 aliphatic heterocycles. The molecule has 3 rings (SSSR count). The van der Waals surface area contributed by atoms with Crippen LogP contribution in [0.15, 0.2) is 24.3 Å². The predicted octanol–water partition coefficient (Wildman–Crippen LogP) is 2.33. The number of halogens is 1. The average molecular weight is 324 g/mol. The molecular weight excluding hydrogens is 302 g/mol. The summed E-state index contributed by atoms with van der Waals surface area (Å²) in [5.41, 5.74) is -0.117. The quantitative estimate of drug-likeness (QED) is 0.897. The molecule has 2 aliphatic rings. The van der Waals surface area contributed by atoms with Crippen LogP contribution in [0.1, 0.15) is 36.0 Å². The normalized spacial score (nSPS) is 31.1. The van der Waals surface area contributed by atoms with Gasteiger partial charge in [0.05, 0.1) is 13.2 Å². The standard InChI is InChI=1S/C17H22ClNO3/c18-14-5-3-13(4-6-14)15(22)19-9-16(11-20)7-1-2-8-17(16,10-19)12-21/h3-6,20-21H,1-2,7-12H2/t16-,17+. The molecule has 1 saturated heterocycles. The van der Waals surface area contributed by atoms with Gasteiger partial charge in [0.15, 0.2) is 0 Å². The van der Waals surface area contributed by atoms with Crippen LogP contribution in [0.2, 0.25) is 5.02 Å². The molecule has 0 radical (unpaired) electrons. The second-order valence-corrected chi connectivity index (χ2v) is 7.19. The van der Waals surface area contributed by atoms with Crippen LogP contribution in [0.4, 0.5) is 0 Å². The van der Waals surface area contributed by atoms with Gasteiger partial charge in [0.2, 0.25) is 0 Å². The number of nitrogens with zero attached hydrogens (tertiary/aromatic N) is 1. The van der Waals surface area contributed by atoms with Crippen molar-refractivity contribution in [3.63, 3.8) is 0 Å². The van der Waals surface area contributed by atoms with Crippen LogP contribution >= 0.6 is 11.6 Å². The summed E-state index contributed by atoms with van der Waals surface area (Å²) in [5.74, 6) is -0.0493. The highest BCUT2D eigenvalue weighted by atomic mass is 35.5. The number of aliphatic hydroxyl groups excluding tert-OH is 2. The third-order valence-corrected chi connectivity index (χ3v) is 5.91. The number of hydrogen-bond acceptors (Lipinski definition) is 3. The first kappa shape index (κ1) is 15.8. The summed E-state index contributed by atoms with van der Waals surface area (Å²) >= 11 is 5.87. The number of likely N-dealkylation sites (tertiary alicyclic amines) is 1. The zero-order valence-corrected chi connectivity index (χ0v) is 13.4. The van der Waals surface area contributed by atoms with Crippen molar-refractivity contribution in [2.75, 3.05) is 26.3 Å². The lowest BCUT2D eigenvalue weighted by molar-refractivity contribution is -0.0490.